The van der Waals surface area contributed by atoms with E-state index in [1.54, 1.807) is 7.05 Å². The number of hydrogen-bond donors (Lipinski definition) is 1. The lowest BCUT2D eigenvalue weighted by molar-refractivity contribution is 0.475. The van der Waals surface area contributed by atoms with E-state index in [9.17, 15) is 0 Å². The third kappa shape index (κ3) is 5.39. The summed E-state index contributed by atoms with van der Waals surface area (Å²) in [4.78, 5) is 6.45. The molecule has 0 unspecified atom stereocenters. The molecule has 1 aromatic carbocycles. The van der Waals surface area contributed by atoms with Crippen molar-refractivity contribution in [1.82, 2.24) is 25.0 Å². The van der Waals surface area contributed by atoms with E-state index in [1.165, 1.54) is 19.3 Å². The number of nitrogens with one attached hydrogen (secondary N) is 1. The standard InChI is InChI=1S/C20H28Cl2N6/c1-23-20(27(2)14-15-9-10-16(21)17(22)13-15)24-11-6-8-19-26-25-18-7-4-3-5-12-28(18)19/h9-10,13H,3-8,11-12,14H2,1-2H3,(H,23,24). The smallest absolute Gasteiger partial charge is 0.193 e. The van der Waals surface area contributed by atoms with E-state index in [1.807, 2.05) is 25.2 Å². The van der Waals surface area contributed by atoms with Gasteiger partial charge in [-0.2, -0.15) is 0 Å². The van der Waals surface area contributed by atoms with Crippen molar-refractivity contribution in [2.45, 2.75) is 51.6 Å². The molecule has 0 fully saturated rings. The molecule has 0 radical (unpaired) electrons. The summed E-state index contributed by atoms with van der Waals surface area (Å²) < 4.78 is 2.32. The van der Waals surface area contributed by atoms with E-state index in [0.717, 1.165) is 55.5 Å². The minimum atomic E-state index is 0.571. The summed E-state index contributed by atoms with van der Waals surface area (Å²) in [5.74, 6) is 3.11. The Morgan fingerprint density at radius 1 is 1.21 bits per heavy atom. The Morgan fingerprint density at radius 2 is 2.07 bits per heavy atom. The fourth-order valence-electron chi connectivity index (χ4n) is 3.55. The maximum absolute atomic E-state index is 6.11. The largest absolute Gasteiger partial charge is 0.356 e. The van der Waals surface area contributed by atoms with Crippen molar-refractivity contribution < 1.29 is 0 Å². The van der Waals surface area contributed by atoms with Crippen LogP contribution in [0.2, 0.25) is 10.0 Å². The van der Waals surface area contributed by atoms with Crippen LogP contribution in [0.4, 0.5) is 0 Å². The monoisotopic (exact) mass is 422 g/mol. The summed E-state index contributed by atoms with van der Waals surface area (Å²) in [5.41, 5.74) is 1.09. The van der Waals surface area contributed by atoms with Crippen LogP contribution in [-0.2, 0) is 25.9 Å². The molecule has 3 rings (SSSR count). The molecule has 8 heteroatoms. The van der Waals surface area contributed by atoms with Gasteiger partial charge in [-0.05, 0) is 37.0 Å². The highest BCUT2D eigenvalue weighted by atomic mass is 35.5. The molecule has 1 aromatic heterocycles. The van der Waals surface area contributed by atoms with Gasteiger partial charge in [-0.15, -0.1) is 10.2 Å². The molecule has 0 bridgehead atoms. The SMILES string of the molecule is CN=C(NCCCc1nnc2n1CCCCC2)N(C)Cc1ccc(Cl)c(Cl)c1. The van der Waals surface area contributed by atoms with Crippen molar-refractivity contribution in [1.29, 1.82) is 0 Å². The Kier molecular flexibility index (Phi) is 7.57. The van der Waals surface area contributed by atoms with Crippen LogP contribution in [0, 0.1) is 0 Å². The molecule has 0 saturated heterocycles. The van der Waals surface area contributed by atoms with Crippen LogP contribution in [0.1, 0.15) is 42.9 Å². The van der Waals surface area contributed by atoms with Crippen molar-refractivity contribution >= 4 is 29.2 Å². The number of aromatic nitrogens is 3. The minimum Gasteiger partial charge on any atom is -0.356 e. The Hall–Kier alpha value is -1.79. The first-order valence-electron chi connectivity index (χ1n) is 9.85. The molecule has 0 saturated carbocycles. The number of benzene rings is 1. The van der Waals surface area contributed by atoms with Crippen LogP contribution >= 0.6 is 23.2 Å². The first-order valence-corrected chi connectivity index (χ1v) is 10.6. The van der Waals surface area contributed by atoms with Crippen molar-refractivity contribution in [3.05, 3.63) is 45.5 Å². The zero-order valence-electron chi connectivity index (χ0n) is 16.6. The lowest BCUT2D eigenvalue weighted by Crippen LogP contribution is -2.39. The molecular weight excluding hydrogens is 395 g/mol. The van der Waals surface area contributed by atoms with E-state index in [-0.39, 0.29) is 0 Å². The lowest BCUT2D eigenvalue weighted by Gasteiger charge is -2.22. The van der Waals surface area contributed by atoms with Gasteiger partial charge >= 0.3 is 0 Å². The van der Waals surface area contributed by atoms with Crippen LogP contribution in [0.5, 0.6) is 0 Å². The van der Waals surface area contributed by atoms with Gasteiger partial charge in [-0.25, -0.2) is 0 Å². The second kappa shape index (κ2) is 10.1. The first kappa shape index (κ1) is 20.9. The minimum absolute atomic E-state index is 0.571. The quantitative estimate of drug-likeness (QED) is 0.434. The van der Waals surface area contributed by atoms with E-state index in [4.69, 9.17) is 23.2 Å². The van der Waals surface area contributed by atoms with E-state index in [2.05, 4.69) is 30.0 Å². The number of halogens is 2. The Bertz CT molecular complexity index is 817. The third-order valence-electron chi connectivity index (χ3n) is 5.02. The molecular formula is C20H28Cl2N6. The van der Waals surface area contributed by atoms with Gasteiger partial charge in [0.1, 0.15) is 11.6 Å². The molecule has 2 heterocycles. The topological polar surface area (TPSA) is 58.3 Å². The van der Waals surface area contributed by atoms with Gasteiger partial charge in [-0.3, -0.25) is 4.99 Å². The summed E-state index contributed by atoms with van der Waals surface area (Å²) in [5, 5.41) is 13.4. The molecule has 1 N–H and O–H groups in total. The summed E-state index contributed by atoms with van der Waals surface area (Å²) in [6, 6.07) is 5.70. The summed E-state index contributed by atoms with van der Waals surface area (Å²) in [7, 11) is 3.81. The van der Waals surface area contributed by atoms with Gasteiger partial charge < -0.3 is 14.8 Å². The van der Waals surface area contributed by atoms with Gasteiger partial charge in [0.25, 0.3) is 0 Å². The molecule has 0 amide bonds. The zero-order valence-corrected chi connectivity index (χ0v) is 18.1. The lowest BCUT2D eigenvalue weighted by atomic mass is 10.2. The molecule has 0 atom stereocenters. The van der Waals surface area contributed by atoms with E-state index in [0.29, 0.717) is 16.6 Å². The number of hydrogen-bond acceptors (Lipinski definition) is 3. The third-order valence-corrected chi connectivity index (χ3v) is 5.76. The maximum Gasteiger partial charge on any atom is 0.193 e. The van der Waals surface area contributed by atoms with E-state index < -0.39 is 0 Å². The van der Waals surface area contributed by atoms with Crippen molar-refractivity contribution in [2.24, 2.45) is 4.99 Å². The number of aliphatic imine (C=N–C) groups is 1. The van der Waals surface area contributed by atoms with Gasteiger partial charge in [0.05, 0.1) is 10.0 Å². The molecule has 152 valence electrons. The number of nitrogens with zero attached hydrogens (tertiary/aromatic N) is 5. The first-order chi connectivity index (χ1) is 13.6. The molecule has 6 nitrogen and oxygen atoms in total. The summed E-state index contributed by atoms with van der Waals surface area (Å²) in [6.45, 7) is 2.59. The number of aryl methyl sites for hydroxylation is 2. The van der Waals surface area contributed by atoms with Gasteiger partial charge in [-0.1, -0.05) is 35.7 Å². The van der Waals surface area contributed by atoms with Crippen LogP contribution in [0.3, 0.4) is 0 Å². The average Bonchev–Trinajstić information content (AvgIpc) is 2.91. The van der Waals surface area contributed by atoms with Gasteiger partial charge in [0.15, 0.2) is 5.96 Å². The Morgan fingerprint density at radius 3 is 2.86 bits per heavy atom. The zero-order chi connectivity index (χ0) is 19.9. The van der Waals surface area contributed by atoms with Crippen molar-refractivity contribution in [2.75, 3.05) is 20.6 Å². The molecule has 28 heavy (non-hydrogen) atoms. The van der Waals surface area contributed by atoms with Crippen LogP contribution in [0.25, 0.3) is 0 Å². The second-order valence-electron chi connectivity index (χ2n) is 7.18. The average molecular weight is 423 g/mol. The van der Waals surface area contributed by atoms with Gasteiger partial charge in [0.2, 0.25) is 0 Å². The molecule has 0 spiro atoms. The molecule has 1 aliphatic rings. The molecule has 0 aliphatic carbocycles. The normalized spacial score (nSPS) is 14.5. The van der Waals surface area contributed by atoms with Crippen molar-refractivity contribution in [3.8, 4) is 0 Å². The predicted octanol–water partition coefficient (Wildman–Crippen LogP) is 3.95. The van der Waals surface area contributed by atoms with E-state index >= 15 is 0 Å². The summed E-state index contributed by atoms with van der Waals surface area (Å²) >= 11 is 12.1. The number of rotatable bonds is 6. The maximum atomic E-state index is 6.11. The predicted molar refractivity (Wildman–Crippen MR) is 115 cm³/mol. The number of fused-ring (bicyclic) bond motifs is 1. The Balaban J connectivity index is 1.47. The van der Waals surface area contributed by atoms with Gasteiger partial charge in [0, 0.05) is 46.6 Å². The van der Waals surface area contributed by atoms with Crippen LogP contribution in [-0.4, -0.2) is 46.3 Å². The number of guanidine groups is 1. The highest BCUT2D eigenvalue weighted by Crippen LogP contribution is 2.23. The molecule has 1 aliphatic heterocycles. The van der Waals surface area contributed by atoms with Crippen LogP contribution in [0.15, 0.2) is 23.2 Å². The fourth-order valence-corrected chi connectivity index (χ4v) is 3.87. The highest BCUT2D eigenvalue weighted by molar-refractivity contribution is 6.42. The Labute approximate surface area is 177 Å². The van der Waals surface area contributed by atoms with Crippen LogP contribution < -0.4 is 5.32 Å². The second-order valence-corrected chi connectivity index (χ2v) is 7.99. The highest BCUT2D eigenvalue weighted by Gasteiger charge is 2.14. The molecule has 2 aromatic rings. The fraction of sp³-hybridized carbons (Fsp3) is 0.550. The van der Waals surface area contributed by atoms with Crippen molar-refractivity contribution in [3.63, 3.8) is 0 Å². The summed E-state index contributed by atoms with van der Waals surface area (Å²) in [6.07, 6.45) is 6.69.